The van der Waals surface area contributed by atoms with E-state index in [1.807, 2.05) is 53.7 Å². The Morgan fingerprint density at radius 1 is 0.750 bits per heavy atom. The quantitative estimate of drug-likeness (QED) is 0.769. The first-order valence-electron chi connectivity index (χ1n) is 5.84. The van der Waals surface area contributed by atoms with Crippen molar-refractivity contribution in [1.82, 2.24) is 0 Å². The molecule has 1 aromatic carbocycles. The number of rotatable bonds is 4. The normalized spacial score (nSPS) is 11.0. The minimum atomic E-state index is 0.204. The van der Waals surface area contributed by atoms with Crippen molar-refractivity contribution in [3.05, 3.63) is 23.3 Å². The van der Waals surface area contributed by atoms with Gasteiger partial charge >= 0.3 is 0 Å². The molecule has 0 bridgehead atoms. The minimum Gasteiger partial charge on any atom is -0.491 e. The lowest BCUT2D eigenvalue weighted by molar-refractivity contribution is 0.232. The van der Waals surface area contributed by atoms with Gasteiger partial charge in [-0.2, -0.15) is 0 Å². The Morgan fingerprint density at radius 2 is 1.06 bits per heavy atom. The molecule has 0 unspecified atom stereocenters. The van der Waals surface area contributed by atoms with Crippen LogP contribution in [0, 0.1) is 13.8 Å². The standard InChI is InChI=1S/C14H22O2/c1-9(2)15-13-7-12(6)14(8-11(13)5)16-10(3)4/h7-10H,1-6H3. The summed E-state index contributed by atoms with van der Waals surface area (Å²) >= 11 is 0. The van der Waals surface area contributed by atoms with Gasteiger partial charge < -0.3 is 9.47 Å². The van der Waals surface area contributed by atoms with Gasteiger partial charge in [0.05, 0.1) is 12.2 Å². The van der Waals surface area contributed by atoms with Gasteiger partial charge in [0.15, 0.2) is 0 Å². The van der Waals surface area contributed by atoms with Crippen LogP contribution in [0.3, 0.4) is 0 Å². The van der Waals surface area contributed by atoms with E-state index in [4.69, 9.17) is 9.47 Å². The first-order valence-corrected chi connectivity index (χ1v) is 5.84. The van der Waals surface area contributed by atoms with Crippen LogP contribution in [0.1, 0.15) is 38.8 Å². The fourth-order valence-electron chi connectivity index (χ4n) is 1.53. The van der Waals surface area contributed by atoms with Crippen molar-refractivity contribution in [3.63, 3.8) is 0 Å². The smallest absolute Gasteiger partial charge is 0.123 e. The van der Waals surface area contributed by atoms with Crippen molar-refractivity contribution in [3.8, 4) is 11.5 Å². The van der Waals surface area contributed by atoms with Crippen molar-refractivity contribution in [2.24, 2.45) is 0 Å². The molecule has 1 rings (SSSR count). The number of hydrogen-bond acceptors (Lipinski definition) is 2. The Bertz CT molecular complexity index is 318. The van der Waals surface area contributed by atoms with E-state index in [0.29, 0.717) is 0 Å². The van der Waals surface area contributed by atoms with Crippen LogP contribution in [0.5, 0.6) is 11.5 Å². The summed E-state index contributed by atoms with van der Waals surface area (Å²) in [6.07, 6.45) is 0.407. The molecule has 0 heterocycles. The molecule has 0 spiro atoms. The second-order valence-electron chi connectivity index (χ2n) is 4.72. The zero-order chi connectivity index (χ0) is 12.3. The first-order chi connectivity index (χ1) is 7.40. The molecular weight excluding hydrogens is 200 g/mol. The summed E-state index contributed by atoms with van der Waals surface area (Å²) in [7, 11) is 0. The zero-order valence-electron chi connectivity index (χ0n) is 11.1. The van der Waals surface area contributed by atoms with Crippen LogP contribution in [-0.2, 0) is 0 Å². The fraction of sp³-hybridized carbons (Fsp3) is 0.571. The molecule has 0 saturated heterocycles. The highest BCUT2D eigenvalue weighted by Gasteiger charge is 2.08. The predicted octanol–water partition coefficient (Wildman–Crippen LogP) is 3.88. The molecule has 0 amide bonds. The van der Waals surface area contributed by atoms with Gasteiger partial charge in [-0.25, -0.2) is 0 Å². The van der Waals surface area contributed by atoms with Crippen molar-refractivity contribution in [2.45, 2.75) is 53.8 Å². The Morgan fingerprint density at radius 3 is 1.31 bits per heavy atom. The summed E-state index contributed by atoms with van der Waals surface area (Å²) in [4.78, 5) is 0. The van der Waals surface area contributed by atoms with Gasteiger partial charge in [0.2, 0.25) is 0 Å². The lowest BCUT2D eigenvalue weighted by Gasteiger charge is -2.17. The minimum absolute atomic E-state index is 0.204. The summed E-state index contributed by atoms with van der Waals surface area (Å²) in [5, 5.41) is 0. The molecule has 0 aromatic heterocycles. The summed E-state index contributed by atoms with van der Waals surface area (Å²) in [5.74, 6) is 1.90. The summed E-state index contributed by atoms with van der Waals surface area (Å²) in [5.41, 5.74) is 2.24. The van der Waals surface area contributed by atoms with E-state index >= 15 is 0 Å². The lowest BCUT2D eigenvalue weighted by Crippen LogP contribution is -2.09. The van der Waals surface area contributed by atoms with E-state index in [0.717, 1.165) is 22.6 Å². The Kier molecular flexibility index (Phi) is 4.22. The number of ether oxygens (including phenoxy) is 2. The molecule has 0 saturated carbocycles. The molecule has 0 N–H and O–H groups in total. The maximum absolute atomic E-state index is 5.73. The predicted molar refractivity (Wildman–Crippen MR) is 67.4 cm³/mol. The molecule has 0 fully saturated rings. The van der Waals surface area contributed by atoms with Crippen LogP contribution >= 0.6 is 0 Å². The van der Waals surface area contributed by atoms with Crippen molar-refractivity contribution in [1.29, 1.82) is 0 Å². The molecule has 0 atom stereocenters. The van der Waals surface area contributed by atoms with Crippen molar-refractivity contribution in [2.75, 3.05) is 0 Å². The zero-order valence-corrected chi connectivity index (χ0v) is 11.1. The summed E-state index contributed by atoms with van der Waals surface area (Å²) in [6, 6.07) is 4.10. The van der Waals surface area contributed by atoms with Crippen molar-refractivity contribution < 1.29 is 9.47 Å². The molecular formula is C14H22O2. The molecule has 0 radical (unpaired) electrons. The number of benzene rings is 1. The van der Waals surface area contributed by atoms with Crippen LogP contribution < -0.4 is 9.47 Å². The Balaban J connectivity index is 2.97. The highest BCUT2D eigenvalue weighted by atomic mass is 16.5. The Hall–Kier alpha value is -1.18. The number of aryl methyl sites for hydroxylation is 2. The average Bonchev–Trinajstić information content (AvgIpc) is 2.11. The van der Waals surface area contributed by atoms with Gasteiger partial charge in [-0.3, -0.25) is 0 Å². The third-order valence-electron chi connectivity index (χ3n) is 2.20. The van der Waals surface area contributed by atoms with Crippen LogP contribution in [-0.4, -0.2) is 12.2 Å². The molecule has 0 aliphatic heterocycles. The largest absolute Gasteiger partial charge is 0.491 e. The third-order valence-corrected chi connectivity index (χ3v) is 2.20. The van der Waals surface area contributed by atoms with Crippen LogP contribution in [0.4, 0.5) is 0 Å². The second kappa shape index (κ2) is 5.24. The lowest BCUT2D eigenvalue weighted by atomic mass is 10.1. The molecule has 2 nitrogen and oxygen atoms in total. The maximum Gasteiger partial charge on any atom is 0.123 e. The molecule has 90 valence electrons. The highest BCUT2D eigenvalue weighted by molar-refractivity contribution is 5.45. The van der Waals surface area contributed by atoms with Gasteiger partial charge in [0.1, 0.15) is 11.5 Å². The van der Waals surface area contributed by atoms with E-state index in [-0.39, 0.29) is 12.2 Å². The van der Waals surface area contributed by atoms with Gasteiger partial charge in [0.25, 0.3) is 0 Å². The monoisotopic (exact) mass is 222 g/mol. The molecule has 0 aliphatic rings. The summed E-state index contributed by atoms with van der Waals surface area (Å²) in [6.45, 7) is 12.2. The van der Waals surface area contributed by atoms with E-state index in [1.165, 1.54) is 0 Å². The van der Waals surface area contributed by atoms with Crippen molar-refractivity contribution >= 4 is 0 Å². The third kappa shape index (κ3) is 3.44. The van der Waals surface area contributed by atoms with Gasteiger partial charge in [-0.15, -0.1) is 0 Å². The average molecular weight is 222 g/mol. The maximum atomic E-state index is 5.73. The molecule has 16 heavy (non-hydrogen) atoms. The van der Waals surface area contributed by atoms with Gasteiger partial charge in [-0.05, 0) is 64.8 Å². The molecule has 2 heteroatoms. The molecule has 0 aliphatic carbocycles. The Labute approximate surface area is 98.6 Å². The van der Waals surface area contributed by atoms with Crippen LogP contribution in [0.25, 0.3) is 0 Å². The fourth-order valence-corrected chi connectivity index (χ4v) is 1.53. The van der Waals surface area contributed by atoms with E-state index in [2.05, 4.69) is 0 Å². The summed E-state index contributed by atoms with van der Waals surface area (Å²) < 4.78 is 11.5. The second-order valence-corrected chi connectivity index (χ2v) is 4.72. The topological polar surface area (TPSA) is 18.5 Å². The first kappa shape index (κ1) is 12.9. The van der Waals surface area contributed by atoms with Gasteiger partial charge in [-0.1, -0.05) is 0 Å². The van der Waals surface area contributed by atoms with E-state index in [9.17, 15) is 0 Å². The van der Waals surface area contributed by atoms with Crippen LogP contribution in [0.2, 0.25) is 0 Å². The highest BCUT2D eigenvalue weighted by Crippen LogP contribution is 2.29. The van der Waals surface area contributed by atoms with Gasteiger partial charge in [0, 0.05) is 0 Å². The molecule has 1 aromatic rings. The van der Waals surface area contributed by atoms with E-state index in [1.54, 1.807) is 0 Å². The van der Waals surface area contributed by atoms with Crippen LogP contribution in [0.15, 0.2) is 12.1 Å². The SMILES string of the molecule is Cc1cc(OC(C)C)c(C)cc1OC(C)C. The number of hydrogen-bond donors (Lipinski definition) is 0. The van der Waals surface area contributed by atoms with E-state index < -0.39 is 0 Å².